The molecule has 0 bridgehead atoms. The van der Waals surface area contributed by atoms with Gasteiger partial charge in [0.05, 0.1) is 0 Å². The number of carboxylic acid groups (broad SMARTS) is 1. The molecule has 0 aliphatic rings. The largest absolute Gasteiger partial charge is 0.480 e. The Hall–Kier alpha value is -2.01. The van der Waals surface area contributed by atoms with Crippen LogP contribution in [0.3, 0.4) is 0 Å². The van der Waals surface area contributed by atoms with Crippen molar-refractivity contribution in [3.05, 3.63) is 35.0 Å². The Morgan fingerprint density at radius 1 is 1.39 bits per heavy atom. The van der Waals surface area contributed by atoms with Crippen LogP contribution < -0.4 is 0 Å². The van der Waals surface area contributed by atoms with E-state index in [0.29, 0.717) is 10.7 Å². The van der Waals surface area contributed by atoms with Crippen molar-refractivity contribution in [3.8, 4) is 0 Å². The summed E-state index contributed by atoms with van der Waals surface area (Å²) in [5.74, 6) is -1.42. The molecule has 0 saturated heterocycles. The zero-order chi connectivity index (χ0) is 13.3. The van der Waals surface area contributed by atoms with Gasteiger partial charge in [-0.25, -0.2) is 0 Å². The van der Waals surface area contributed by atoms with Crippen LogP contribution >= 0.6 is 11.6 Å². The highest BCUT2D eigenvalue weighted by atomic mass is 35.5. The Morgan fingerprint density at radius 2 is 2.11 bits per heavy atom. The van der Waals surface area contributed by atoms with E-state index in [-0.39, 0.29) is 12.5 Å². The predicted molar refractivity (Wildman–Crippen MR) is 67.9 cm³/mol. The van der Waals surface area contributed by atoms with Crippen LogP contribution in [-0.4, -0.2) is 40.5 Å². The van der Waals surface area contributed by atoms with Crippen molar-refractivity contribution in [1.82, 2.24) is 9.88 Å². The van der Waals surface area contributed by atoms with Gasteiger partial charge in [-0.3, -0.25) is 9.59 Å². The van der Waals surface area contributed by atoms with Crippen molar-refractivity contribution in [2.75, 3.05) is 13.6 Å². The molecule has 0 spiro atoms. The van der Waals surface area contributed by atoms with E-state index in [0.717, 1.165) is 15.8 Å². The first-order chi connectivity index (χ1) is 8.47. The van der Waals surface area contributed by atoms with Crippen LogP contribution in [0.2, 0.25) is 5.02 Å². The van der Waals surface area contributed by atoms with Gasteiger partial charge in [-0.05, 0) is 18.2 Å². The molecule has 0 aliphatic heterocycles. The fourth-order valence-electron chi connectivity index (χ4n) is 1.69. The van der Waals surface area contributed by atoms with Crippen LogP contribution in [0.1, 0.15) is 10.5 Å². The average Bonchev–Trinajstić information content (AvgIpc) is 2.69. The van der Waals surface area contributed by atoms with E-state index >= 15 is 0 Å². The standard InChI is InChI=1S/C12H11ClN2O3/c1-15(6-11(16)17)12(18)10-4-7-2-3-8(13)5-9(7)14-10/h2-5,14H,6H2,1H3,(H,16,17). The third-order valence-corrected chi connectivity index (χ3v) is 2.77. The summed E-state index contributed by atoms with van der Waals surface area (Å²) in [5.41, 5.74) is 1.09. The number of H-pyrrole nitrogens is 1. The summed E-state index contributed by atoms with van der Waals surface area (Å²) in [5, 5.41) is 10.1. The summed E-state index contributed by atoms with van der Waals surface area (Å²) in [4.78, 5) is 26.5. The minimum absolute atomic E-state index is 0.338. The molecule has 0 radical (unpaired) electrons. The topological polar surface area (TPSA) is 73.4 Å². The number of likely N-dealkylation sites (N-methyl/N-ethyl adjacent to an activating group) is 1. The number of hydrogen-bond acceptors (Lipinski definition) is 2. The molecule has 5 nitrogen and oxygen atoms in total. The van der Waals surface area contributed by atoms with Gasteiger partial charge in [-0.2, -0.15) is 0 Å². The van der Waals surface area contributed by atoms with Gasteiger partial charge in [0.15, 0.2) is 0 Å². The number of halogens is 1. The second-order valence-corrected chi connectivity index (χ2v) is 4.41. The average molecular weight is 267 g/mol. The first-order valence-corrected chi connectivity index (χ1v) is 5.60. The molecule has 0 saturated carbocycles. The molecule has 1 aromatic carbocycles. The van der Waals surface area contributed by atoms with Gasteiger partial charge in [0.25, 0.3) is 5.91 Å². The number of amides is 1. The van der Waals surface area contributed by atoms with Crippen molar-refractivity contribution in [3.63, 3.8) is 0 Å². The van der Waals surface area contributed by atoms with E-state index in [1.165, 1.54) is 7.05 Å². The van der Waals surface area contributed by atoms with Crippen molar-refractivity contribution < 1.29 is 14.7 Å². The number of nitrogens with zero attached hydrogens (tertiary/aromatic N) is 1. The first-order valence-electron chi connectivity index (χ1n) is 5.23. The van der Waals surface area contributed by atoms with Gasteiger partial charge in [-0.1, -0.05) is 17.7 Å². The lowest BCUT2D eigenvalue weighted by molar-refractivity contribution is -0.137. The molecule has 18 heavy (non-hydrogen) atoms. The maximum absolute atomic E-state index is 11.9. The SMILES string of the molecule is CN(CC(=O)O)C(=O)c1cc2ccc(Cl)cc2[nH]1. The molecule has 94 valence electrons. The molecule has 2 aromatic rings. The minimum Gasteiger partial charge on any atom is -0.480 e. The molecule has 1 aromatic heterocycles. The highest BCUT2D eigenvalue weighted by Crippen LogP contribution is 2.20. The number of aromatic nitrogens is 1. The molecule has 0 fully saturated rings. The summed E-state index contributed by atoms with van der Waals surface area (Å²) in [7, 11) is 1.44. The van der Waals surface area contributed by atoms with E-state index in [1.54, 1.807) is 24.3 Å². The van der Waals surface area contributed by atoms with Crippen molar-refractivity contribution in [1.29, 1.82) is 0 Å². The Balaban J connectivity index is 2.30. The van der Waals surface area contributed by atoms with Crippen LogP contribution in [0.4, 0.5) is 0 Å². The molecule has 1 heterocycles. The predicted octanol–water partition coefficient (Wildman–Crippen LogP) is 1.98. The lowest BCUT2D eigenvalue weighted by atomic mass is 10.2. The highest BCUT2D eigenvalue weighted by Gasteiger charge is 2.16. The number of nitrogens with one attached hydrogen (secondary N) is 1. The van der Waals surface area contributed by atoms with Gasteiger partial charge < -0.3 is 15.0 Å². The lowest BCUT2D eigenvalue weighted by Crippen LogP contribution is -2.32. The van der Waals surface area contributed by atoms with Crippen LogP contribution in [0.25, 0.3) is 10.9 Å². The maximum Gasteiger partial charge on any atom is 0.323 e. The van der Waals surface area contributed by atoms with E-state index in [4.69, 9.17) is 16.7 Å². The minimum atomic E-state index is -1.05. The number of aromatic amines is 1. The number of aliphatic carboxylic acids is 1. The molecular formula is C12H11ClN2O3. The van der Waals surface area contributed by atoms with Crippen molar-refractivity contribution in [2.45, 2.75) is 0 Å². The normalized spacial score (nSPS) is 10.6. The third kappa shape index (κ3) is 2.46. The van der Waals surface area contributed by atoms with Crippen LogP contribution in [0, 0.1) is 0 Å². The smallest absolute Gasteiger partial charge is 0.323 e. The quantitative estimate of drug-likeness (QED) is 0.892. The van der Waals surface area contributed by atoms with Gasteiger partial charge in [0.1, 0.15) is 12.2 Å². The molecule has 0 atom stereocenters. The molecule has 0 unspecified atom stereocenters. The summed E-state index contributed by atoms with van der Waals surface area (Å²) < 4.78 is 0. The number of benzene rings is 1. The number of hydrogen-bond donors (Lipinski definition) is 2. The number of carboxylic acids is 1. The first kappa shape index (κ1) is 12.4. The third-order valence-electron chi connectivity index (χ3n) is 2.53. The molecule has 1 amide bonds. The Kier molecular flexibility index (Phi) is 3.25. The second-order valence-electron chi connectivity index (χ2n) is 3.97. The Morgan fingerprint density at radius 3 is 2.78 bits per heavy atom. The lowest BCUT2D eigenvalue weighted by Gasteiger charge is -2.12. The van der Waals surface area contributed by atoms with Crippen LogP contribution in [0.5, 0.6) is 0 Å². The Bertz CT molecular complexity index is 621. The van der Waals surface area contributed by atoms with E-state index < -0.39 is 5.97 Å². The zero-order valence-electron chi connectivity index (χ0n) is 9.61. The molecule has 0 aliphatic carbocycles. The van der Waals surface area contributed by atoms with Gasteiger partial charge in [0.2, 0.25) is 0 Å². The Labute approximate surface area is 108 Å². The van der Waals surface area contributed by atoms with Crippen LogP contribution in [0.15, 0.2) is 24.3 Å². The summed E-state index contributed by atoms with van der Waals surface area (Å²) in [6, 6.07) is 6.91. The fraction of sp³-hybridized carbons (Fsp3) is 0.167. The molecular weight excluding hydrogens is 256 g/mol. The summed E-state index contributed by atoms with van der Waals surface area (Å²) in [6.07, 6.45) is 0. The number of carbonyl (C=O) groups excluding carboxylic acids is 1. The van der Waals surface area contributed by atoms with Gasteiger partial charge in [0, 0.05) is 23.0 Å². The summed E-state index contributed by atoms with van der Waals surface area (Å²) >= 11 is 5.85. The fourth-order valence-corrected chi connectivity index (χ4v) is 1.87. The van der Waals surface area contributed by atoms with Gasteiger partial charge in [-0.15, -0.1) is 0 Å². The monoisotopic (exact) mass is 266 g/mol. The van der Waals surface area contributed by atoms with Gasteiger partial charge >= 0.3 is 5.97 Å². The van der Waals surface area contributed by atoms with E-state index in [9.17, 15) is 9.59 Å². The second kappa shape index (κ2) is 4.70. The summed E-state index contributed by atoms with van der Waals surface area (Å²) in [6.45, 7) is -0.338. The van der Waals surface area contributed by atoms with Crippen molar-refractivity contribution >= 4 is 34.4 Å². The van der Waals surface area contributed by atoms with Crippen molar-refractivity contribution in [2.24, 2.45) is 0 Å². The van der Waals surface area contributed by atoms with E-state index in [2.05, 4.69) is 4.98 Å². The number of carbonyl (C=O) groups is 2. The number of fused-ring (bicyclic) bond motifs is 1. The van der Waals surface area contributed by atoms with E-state index in [1.807, 2.05) is 0 Å². The maximum atomic E-state index is 11.9. The number of rotatable bonds is 3. The zero-order valence-corrected chi connectivity index (χ0v) is 10.4. The molecule has 2 N–H and O–H groups in total. The molecule has 6 heteroatoms. The van der Waals surface area contributed by atoms with Crippen LogP contribution in [-0.2, 0) is 4.79 Å². The molecule has 2 rings (SSSR count). The highest BCUT2D eigenvalue weighted by molar-refractivity contribution is 6.31.